The molecule has 2 unspecified atom stereocenters. The second kappa shape index (κ2) is 21.0. The maximum Gasteiger partial charge on any atom is 0.217 e. The van der Waals surface area contributed by atoms with Crippen molar-refractivity contribution in [3.8, 4) is 0 Å². The Labute approximate surface area is 212 Å². The van der Waals surface area contributed by atoms with E-state index in [-0.39, 0.29) is 5.91 Å². The molecule has 1 aliphatic heterocycles. The number of amides is 1. The van der Waals surface area contributed by atoms with Crippen LogP contribution >= 0.6 is 0 Å². The lowest BCUT2D eigenvalue weighted by atomic mass is 10.0. The molecule has 0 saturated heterocycles. The topological polar surface area (TPSA) is 41.1 Å². The van der Waals surface area contributed by atoms with Crippen LogP contribution < -0.4 is 10.6 Å². The minimum Gasteiger partial charge on any atom is -0.351 e. The van der Waals surface area contributed by atoms with E-state index >= 15 is 0 Å². The third-order valence-electron chi connectivity index (χ3n) is 7.66. The molecule has 1 heterocycles. The molecule has 0 aromatic carbocycles. The van der Waals surface area contributed by atoms with Crippen LogP contribution in [-0.2, 0) is 4.79 Å². The van der Waals surface area contributed by atoms with Gasteiger partial charge in [-0.2, -0.15) is 0 Å². The number of rotatable bonds is 24. The molecule has 1 rings (SSSR count). The fraction of sp³-hybridized carbons (Fsp3) is 0.833. The third-order valence-corrected chi connectivity index (χ3v) is 7.66. The van der Waals surface area contributed by atoms with Gasteiger partial charge in [0.1, 0.15) is 12.7 Å². The summed E-state index contributed by atoms with van der Waals surface area (Å²) in [5.74, 6) is 0.0680. The van der Waals surface area contributed by atoms with Crippen molar-refractivity contribution >= 4 is 5.91 Å². The lowest BCUT2D eigenvalue weighted by Crippen LogP contribution is -2.55. The smallest absolute Gasteiger partial charge is 0.217 e. The molecule has 4 heteroatoms. The number of nitrogens with zero attached hydrogens (tertiary/aromatic N) is 1. The zero-order valence-corrected chi connectivity index (χ0v) is 22.9. The van der Waals surface area contributed by atoms with Gasteiger partial charge in [0.15, 0.2) is 6.17 Å². The molecule has 0 radical (unpaired) electrons. The maximum atomic E-state index is 11.2. The molecule has 0 aromatic rings. The Morgan fingerprint density at radius 3 is 1.76 bits per heavy atom. The van der Waals surface area contributed by atoms with E-state index in [1.807, 2.05) is 6.08 Å². The predicted octanol–water partition coefficient (Wildman–Crippen LogP) is 7.96. The lowest BCUT2D eigenvalue weighted by molar-refractivity contribution is -0.898. The van der Waals surface area contributed by atoms with Crippen LogP contribution in [0.5, 0.6) is 0 Å². The number of carbonyl (C=O) groups excluding carboxylic acids is 1. The van der Waals surface area contributed by atoms with Crippen molar-refractivity contribution in [2.45, 2.75) is 142 Å². The van der Waals surface area contributed by atoms with Crippen LogP contribution in [0.4, 0.5) is 0 Å². The fourth-order valence-corrected chi connectivity index (χ4v) is 5.33. The first kappa shape index (κ1) is 30.7. The Morgan fingerprint density at radius 1 is 0.853 bits per heavy atom. The van der Waals surface area contributed by atoms with E-state index in [1.165, 1.54) is 122 Å². The second-order valence-corrected chi connectivity index (χ2v) is 10.5. The molecule has 0 aliphatic carbocycles. The van der Waals surface area contributed by atoms with Crippen LogP contribution in [0.1, 0.15) is 136 Å². The average Bonchev–Trinajstić information content (AvgIpc) is 3.23. The van der Waals surface area contributed by atoms with Crippen molar-refractivity contribution < 1.29 is 9.28 Å². The zero-order valence-electron chi connectivity index (χ0n) is 22.9. The van der Waals surface area contributed by atoms with Gasteiger partial charge in [-0.3, -0.25) is 9.28 Å². The number of likely N-dealkylation sites (N-methyl/N-ethyl adjacent to an activating group) is 1. The molecule has 0 bridgehead atoms. The Kier molecular flexibility index (Phi) is 19.0. The van der Waals surface area contributed by atoms with Gasteiger partial charge in [0.05, 0.1) is 19.3 Å². The maximum absolute atomic E-state index is 11.2. The average molecular weight is 477 g/mol. The Morgan fingerprint density at radius 2 is 1.32 bits per heavy atom. The Bertz CT molecular complexity index is 533. The number of unbranched alkanes of at least 4 members (excludes halogenated alkanes) is 17. The first-order valence-electron chi connectivity index (χ1n) is 14.8. The van der Waals surface area contributed by atoms with Crippen molar-refractivity contribution in [1.82, 2.24) is 10.6 Å². The van der Waals surface area contributed by atoms with Crippen molar-refractivity contribution in [2.75, 3.05) is 19.6 Å². The highest BCUT2D eigenvalue weighted by molar-refractivity contribution is 5.72. The van der Waals surface area contributed by atoms with Gasteiger partial charge in [-0.15, -0.1) is 6.58 Å². The van der Waals surface area contributed by atoms with Gasteiger partial charge < -0.3 is 10.6 Å². The minimum absolute atomic E-state index is 0.0680. The summed E-state index contributed by atoms with van der Waals surface area (Å²) in [5.41, 5.74) is 0. The summed E-state index contributed by atoms with van der Waals surface area (Å²) in [6.07, 6.45) is 33.3. The summed E-state index contributed by atoms with van der Waals surface area (Å²) in [4.78, 5) is 11.2. The molecule has 4 nitrogen and oxygen atoms in total. The quantitative estimate of drug-likeness (QED) is 0.0842. The highest BCUT2D eigenvalue weighted by Gasteiger charge is 2.36. The monoisotopic (exact) mass is 476 g/mol. The predicted molar refractivity (Wildman–Crippen MR) is 148 cm³/mol. The molecule has 0 spiro atoms. The van der Waals surface area contributed by atoms with Crippen LogP contribution in [0.3, 0.4) is 0 Å². The van der Waals surface area contributed by atoms with E-state index in [9.17, 15) is 4.79 Å². The van der Waals surface area contributed by atoms with Crippen molar-refractivity contribution in [2.24, 2.45) is 0 Å². The SMILES string of the molecule is C=CCCCCCCCCCCCCCCCCCCCC1NC=C[N+]1(CC)CCNC(C)=O. The molecule has 0 saturated carbocycles. The van der Waals surface area contributed by atoms with Crippen molar-refractivity contribution in [3.63, 3.8) is 0 Å². The van der Waals surface area contributed by atoms with Gasteiger partial charge in [-0.05, 0) is 26.2 Å². The number of hydrogen-bond acceptors (Lipinski definition) is 2. The molecule has 0 aromatic heterocycles. The molecule has 1 amide bonds. The summed E-state index contributed by atoms with van der Waals surface area (Å²) < 4.78 is 0.955. The minimum atomic E-state index is 0.0680. The molecular weight excluding hydrogens is 418 g/mol. The van der Waals surface area contributed by atoms with E-state index in [2.05, 4.69) is 36.5 Å². The molecule has 2 N–H and O–H groups in total. The molecule has 1 aliphatic rings. The normalized spacial score (nSPS) is 19.3. The molecular formula is C30H58N3O+. The van der Waals surface area contributed by atoms with E-state index < -0.39 is 0 Å². The van der Waals surface area contributed by atoms with E-state index in [0.717, 1.165) is 24.1 Å². The van der Waals surface area contributed by atoms with Gasteiger partial charge in [0, 0.05) is 13.3 Å². The number of carbonyl (C=O) groups is 1. The summed E-state index contributed by atoms with van der Waals surface area (Å²) in [6, 6.07) is 0. The van der Waals surface area contributed by atoms with Gasteiger partial charge in [-0.1, -0.05) is 102 Å². The van der Waals surface area contributed by atoms with Crippen molar-refractivity contribution in [1.29, 1.82) is 0 Å². The summed E-state index contributed by atoms with van der Waals surface area (Å²) in [5, 5.41) is 6.53. The van der Waals surface area contributed by atoms with Crippen LogP contribution in [0.2, 0.25) is 0 Å². The zero-order chi connectivity index (χ0) is 24.7. The van der Waals surface area contributed by atoms with Crippen LogP contribution in [-0.4, -0.2) is 36.2 Å². The molecule has 0 fully saturated rings. The second-order valence-electron chi connectivity index (χ2n) is 10.5. The highest BCUT2D eigenvalue weighted by Crippen LogP contribution is 2.23. The summed E-state index contributed by atoms with van der Waals surface area (Å²) in [7, 11) is 0. The molecule has 2 atom stereocenters. The van der Waals surface area contributed by atoms with E-state index in [0.29, 0.717) is 6.17 Å². The first-order chi connectivity index (χ1) is 16.6. The first-order valence-corrected chi connectivity index (χ1v) is 14.8. The number of allylic oxidation sites excluding steroid dienone is 1. The van der Waals surface area contributed by atoms with Crippen LogP contribution in [0, 0.1) is 0 Å². The van der Waals surface area contributed by atoms with E-state index in [1.54, 1.807) is 6.92 Å². The third kappa shape index (κ3) is 14.9. The standard InChI is InChI=1S/C30H57N3O/c1-4-6-7-8-9-10-11-12-13-14-15-16-17-18-19-20-21-22-23-24-30-32-26-28-33(30,5-2)27-25-31-29(3)34/h4,26,28,30,32H,1,5-25,27H2,2-3H3/p+1. The number of nitrogens with one attached hydrogen (secondary N) is 2. The Hall–Kier alpha value is -1.29. The number of quaternary nitrogens is 1. The van der Waals surface area contributed by atoms with E-state index in [4.69, 9.17) is 0 Å². The van der Waals surface area contributed by atoms with Gasteiger partial charge in [0.25, 0.3) is 0 Å². The highest BCUT2D eigenvalue weighted by atomic mass is 16.1. The van der Waals surface area contributed by atoms with Gasteiger partial charge in [0.2, 0.25) is 5.91 Å². The van der Waals surface area contributed by atoms with Crippen molar-refractivity contribution in [3.05, 3.63) is 25.1 Å². The largest absolute Gasteiger partial charge is 0.351 e. The number of hydrogen-bond donors (Lipinski definition) is 2. The van der Waals surface area contributed by atoms with Gasteiger partial charge >= 0.3 is 0 Å². The van der Waals surface area contributed by atoms with Gasteiger partial charge in [-0.25, -0.2) is 0 Å². The summed E-state index contributed by atoms with van der Waals surface area (Å²) >= 11 is 0. The fourth-order valence-electron chi connectivity index (χ4n) is 5.33. The Balaban J connectivity index is 1.88. The van der Waals surface area contributed by atoms with Crippen LogP contribution in [0.15, 0.2) is 25.1 Å². The molecule has 34 heavy (non-hydrogen) atoms. The lowest BCUT2D eigenvalue weighted by Gasteiger charge is -2.37. The summed E-state index contributed by atoms with van der Waals surface area (Å²) in [6.45, 7) is 10.4. The van der Waals surface area contributed by atoms with Crippen LogP contribution in [0.25, 0.3) is 0 Å². The molecule has 198 valence electrons.